The third-order valence-corrected chi connectivity index (χ3v) is 12.3. The van der Waals surface area contributed by atoms with Crippen molar-refractivity contribution in [3.63, 3.8) is 0 Å². The van der Waals surface area contributed by atoms with E-state index in [1.165, 1.54) is 12.0 Å². The summed E-state index contributed by atoms with van der Waals surface area (Å²) in [4.78, 5) is 0. The molecule has 0 saturated heterocycles. The highest BCUT2D eigenvalue weighted by Gasteiger charge is 2.56. The van der Waals surface area contributed by atoms with Gasteiger partial charge in [-0.3, -0.25) is 0 Å². The molecule has 4 rings (SSSR count). The number of hydrogen-bond donors (Lipinski definition) is 0. The molecule has 0 radical (unpaired) electrons. The van der Waals surface area contributed by atoms with E-state index in [2.05, 4.69) is 65.9 Å². The van der Waals surface area contributed by atoms with Crippen LogP contribution in [0.1, 0.15) is 46.6 Å². The molecule has 0 spiro atoms. The van der Waals surface area contributed by atoms with Crippen molar-refractivity contribution in [3.05, 3.63) is 51.5 Å². The van der Waals surface area contributed by atoms with E-state index in [4.69, 9.17) is 27.6 Å². The Kier molecular flexibility index (Phi) is 5.53. The lowest BCUT2D eigenvalue weighted by Crippen LogP contribution is -2.57. The fourth-order valence-electron chi connectivity index (χ4n) is 4.16. The first kappa shape index (κ1) is 21.2. The van der Waals surface area contributed by atoms with E-state index >= 15 is 0 Å². The molecule has 0 heterocycles. The minimum Gasteiger partial charge on any atom is -0.410 e. The molecular weight excluding hydrogens is 391 g/mol. The Morgan fingerprint density at radius 3 is 2.22 bits per heavy atom. The molecule has 0 aliphatic heterocycles. The Balaban J connectivity index is 1.91. The maximum absolute atomic E-state index is 6.84. The monoisotopic (exact) mass is 422 g/mol. The van der Waals surface area contributed by atoms with E-state index in [9.17, 15) is 0 Å². The van der Waals surface area contributed by atoms with E-state index in [0.29, 0.717) is 21.9 Å². The predicted molar refractivity (Wildman–Crippen MR) is 121 cm³/mol. The van der Waals surface area contributed by atoms with Crippen LogP contribution in [-0.2, 0) is 4.43 Å². The lowest BCUT2D eigenvalue weighted by atomic mass is 9.48. The Labute approximate surface area is 175 Å². The van der Waals surface area contributed by atoms with Gasteiger partial charge < -0.3 is 4.43 Å². The van der Waals surface area contributed by atoms with Crippen molar-refractivity contribution in [2.75, 3.05) is 0 Å². The second-order valence-electron chi connectivity index (χ2n) is 10.2. The van der Waals surface area contributed by atoms with Crippen molar-refractivity contribution in [2.24, 2.45) is 17.3 Å². The minimum atomic E-state index is -1.82. The summed E-state index contributed by atoms with van der Waals surface area (Å²) in [6.07, 6.45) is 8.04. The van der Waals surface area contributed by atoms with Crippen LogP contribution in [0.4, 0.5) is 0 Å². The Morgan fingerprint density at radius 2 is 1.70 bits per heavy atom. The Morgan fingerprint density at radius 1 is 1.11 bits per heavy atom. The summed E-state index contributed by atoms with van der Waals surface area (Å²) in [5.74, 6) is 1.19. The molecule has 1 saturated carbocycles. The molecule has 3 aliphatic rings. The van der Waals surface area contributed by atoms with Crippen LogP contribution in [0.15, 0.2) is 35.9 Å². The minimum absolute atomic E-state index is 0.201. The normalized spacial score (nSPS) is 27.4. The zero-order valence-corrected chi connectivity index (χ0v) is 20.1. The van der Waals surface area contributed by atoms with Gasteiger partial charge in [-0.15, -0.1) is 0 Å². The van der Waals surface area contributed by atoms with Crippen molar-refractivity contribution < 1.29 is 4.43 Å². The van der Waals surface area contributed by atoms with E-state index in [0.717, 1.165) is 5.56 Å². The van der Waals surface area contributed by atoms with Gasteiger partial charge in [-0.1, -0.05) is 82.1 Å². The van der Waals surface area contributed by atoms with Gasteiger partial charge in [-0.25, -0.2) is 0 Å². The second-order valence-corrected chi connectivity index (χ2v) is 15.8. The van der Waals surface area contributed by atoms with Crippen LogP contribution >= 0.6 is 23.2 Å². The van der Waals surface area contributed by atoms with Crippen molar-refractivity contribution in [1.29, 1.82) is 0 Å². The van der Waals surface area contributed by atoms with Crippen LogP contribution in [0, 0.1) is 17.3 Å². The molecule has 3 atom stereocenters. The summed E-state index contributed by atoms with van der Waals surface area (Å²) >= 11 is 12.7. The SMILES string of the molecule is CC1(C)[C@@H]2C[C@H]1C(/C=C/c1c(Cl)cccc1Cl)=C[C@@H]2O[Si](C)(C)C(C)(C)C. The lowest BCUT2D eigenvalue weighted by Gasteiger charge is -2.60. The number of rotatable bonds is 4. The van der Waals surface area contributed by atoms with Crippen LogP contribution in [0.3, 0.4) is 0 Å². The average molecular weight is 424 g/mol. The summed E-state index contributed by atoms with van der Waals surface area (Å²) in [6, 6.07) is 5.65. The molecule has 0 aromatic heterocycles. The quantitative estimate of drug-likeness (QED) is 0.446. The van der Waals surface area contributed by atoms with Gasteiger partial charge in [-0.2, -0.15) is 0 Å². The number of benzene rings is 1. The molecule has 1 aromatic carbocycles. The maximum atomic E-state index is 6.84. The standard InChI is InChI=1S/C23H32Cl2OSi/c1-22(2,3)27(6,7)26-21-13-15(17-14-18(21)23(17,4)5)11-12-16-19(24)9-8-10-20(16)25/h8-13,17-18,21H,14H2,1-7H3/b12-11+/t17-,18+,21-/m0/s1. The molecule has 1 aromatic rings. The van der Waals surface area contributed by atoms with Gasteiger partial charge in [0.15, 0.2) is 8.32 Å². The molecule has 3 aliphatic carbocycles. The van der Waals surface area contributed by atoms with Gasteiger partial charge in [0.2, 0.25) is 0 Å². The molecule has 0 unspecified atom stereocenters. The van der Waals surface area contributed by atoms with Crippen LogP contribution in [0.2, 0.25) is 28.2 Å². The third-order valence-electron chi connectivity index (χ3n) is 7.18. The third kappa shape index (κ3) is 3.83. The average Bonchev–Trinajstić information content (AvgIpc) is 2.52. The van der Waals surface area contributed by atoms with E-state index < -0.39 is 8.32 Å². The van der Waals surface area contributed by atoms with Gasteiger partial charge in [0.1, 0.15) is 0 Å². The van der Waals surface area contributed by atoms with Gasteiger partial charge in [0.05, 0.1) is 6.10 Å². The molecule has 4 heteroatoms. The molecule has 0 N–H and O–H groups in total. The van der Waals surface area contributed by atoms with Crippen LogP contribution in [0.25, 0.3) is 6.08 Å². The fourth-order valence-corrected chi connectivity index (χ4v) is 5.95. The zero-order valence-electron chi connectivity index (χ0n) is 17.6. The summed E-state index contributed by atoms with van der Waals surface area (Å²) in [7, 11) is -1.82. The number of hydrogen-bond acceptors (Lipinski definition) is 1. The molecule has 148 valence electrons. The van der Waals surface area contributed by atoms with Crippen molar-refractivity contribution >= 4 is 37.6 Å². The summed E-state index contributed by atoms with van der Waals surface area (Å²) < 4.78 is 6.84. The van der Waals surface area contributed by atoms with E-state index in [1.54, 1.807) is 0 Å². The number of fused-ring (bicyclic) bond motifs is 1. The highest BCUT2D eigenvalue weighted by atomic mass is 35.5. The Bertz CT molecular complexity index is 766. The zero-order chi connectivity index (χ0) is 20.2. The highest BCUT2D eigenvalue weighted by molar-refractivity contribution is 6.74. The van der Waals surface area contributed by atoms with Gasteiger partial charge in [0, 0.05) is 15.6 Å². The van der Waals surface area contributed by atoms with Gasteiger partial charge in [0.25, 0.3) is 0 Å². The molecular formula is C23H32Cl2OSi. The van der Waals surface area contributed by atoms with E-state index in [1.807, 2.05) is 18.2 Å². The van der Waals surface area contributed by atoms with Crippen molar-refractivity contribution in [1.82, 2.24) is 0 Å². The van der Waals surface area contributed by atoms with Gasteiger partial charge in [-0.05, 0) is 59.5 Å². The first-order valence-corrected chi connectivity index (χ1v) is 13.5. The predicted octanol–water partition coefficient (Wildman–Crippen LogP) is 8.00. The first-order chi connectivity index (χ1) is 12.3. The van der Waals surface area contributed by atoms with Crippen LogP contribution < -0.4 is 0 Å². The summed E-state index contributed by atoms with van der Waals surface area (Å²) in [5, 5.41) is 1.59. The van der Waals surface area contributed by atoms with Gasteiger partial charge >= 0.3 is 0 Å². The topological polar surface area (TPSA) is 9.23 Å². The largest absolute Gasteiger partial charge is 0.410 e. The molecule has 27 heavy (non-hydrogen) atoms. The Hall–Kier alpha value is -0.543. The van der Waals surface area contributed by atoms with Crippen molar-refractivity contribution in [2.45, 2.75) is 65.3 Å². The van der Waals surface area contributed by atoms with Crippen LogP contribution in [-0.4, -0.2) is 14.4 Å². The first-order valence-electron chi connectivity index (χ1n) is 9.86. The fraction of sp³-hybridized carbons (Fsp3) is 0.565. The summed E-state index contributed by atoms with van der Waals surface area (Å²) in [5.41, 5.74) is 2.52. The van der Waals surface area contributed by atoms with E-state index in [-0.39, 0.29) is 16.6 Å². The molecule has 0 amide bonds. The highest BCUT2D eigenvalue weighted by Crippen LogP contribution is 2.61. The molecule has 1 fully saturated rings. The second kappa shape index (κ2) is 7.06. The molecule has 1 nitrogen and oxygen atoms in total. The van der Waals surface area contributed by atoms with Crippen molar-refractivity contribution in [3.8, 4) is 0 Å². The summed E-state index contributed by atoms with van der Waals surface area (Å²) in [6.45, 7) is 16.4. The smallest absolute Gasteiger partial charge is 0.192 e. The maximum Gasteiger partial charge on any atom is 0.192 e. The molecule has 2 bridgehead atoms. The lowest BCUT2D eigenvalue weighted by molar-refractivity contribution is -0.0691. The number of allylic oxidation sites excluding steroid dienone is 2. The number of halogens is 2. The van der Waals surface area contributed by atoms with Crippen LogP contribution in [0.5, 0.6) is 0 Å².